The highest BCUT2D eigenvalue weighted by Gasteiger charge is 2.43. The van der Waals surface area contributed by atoms with Gasteiger partial charge in [0, 0.05) is 41.0 Å². The molecular weight excluding hydrogens is 597 g/mol. The third-order valence-corrected chi connectivity index (χ3v) is 8.92. The monoisotopic (exact) mass is 620 g/mol. The molecule has 1 aliphatic rings. The summed E-state index contributed by atoms with van der Waals surface area (Å²) < 4.78 is 66.2. The van der Waals surface area contributed by atoms with Crippen molar-refractivity contribution in [3.63, 3.8) is 0 Å². The van der Waals surface area contributed by atoms with E-state index < -0.39 is 39.1 Å². The summed E-state index contributed by atoms with van der Waals surface area (Å²) in [4.78, 5) is 30.4. The molecule has 0 spiro atoms. The van der Waals surface area contributed by atoms with Crippen molar-refractivity contribution in [2.45, 2.75) is 24.6 Å². The molecule has 2 aromatic heterocycles. The first-order valence-corrected chi connectivity index (χ1v) is 14.8. The summed E-state index contributed by atoms with van der Waals surface area (Å²) in [6, 6.07) is 11.3. The lowest BCUT2D eigenvalue weighted by molar-refractivity contribution is -0.137. The van der Waals surface area contributed by atoms with Gasteiger partial charge in [-0.05, 0) is 31.0 Å². The first kappa shape index (κ1) is 29.5. The zero-order valence-electron chi connectivity index (χ0n) is 22.0. The number of amides is 2. The number of halogens is 4. The Morgan fingerprint density at radius 1 is 1.02 bits per heavy atom. The highest BCUT2D eigenvalue weighted by molar-refractivity contribution is 7.88. The van der Waals surface area contributed by atoms with Crippen LogP contribution in [0.4, 0.5) is 13.2 Å². The lowest BCUT2D eigenvalue weighted by Crippen LogP contribution is -2.62. The Hall–Kier alpha value is -4.01. The van der Waals surface area contributed by atoms with Crippen molar-refractivity contribution in [1.82, 2.24) is 24.2 Å². The predicted molar refractivity (Wildman–Crippen MR) is 149 cm³/mol. The van der Waals surface area contributed by atoms with Gasteiger partial charge in [-0.25, -0.2) is 22.2 Å². The minimum Gasteiger partial charge on any atom is -0.368 e. The van der Waals surface area contributed by atoms with Gasteiger partial charge in [-0.2, -0.15) is 18.3 Å². The first-order chi connectivity index (χ1) is 19.7. The molecule has 2 aromatic carbocycles. The van der Waals surface area contributed by atoms with Gasteiger partial charge in [0.25, 0.3) is 5.91 Å². The van der Waals surface area contributed by atoms with Gasteiger partial charge >= 0.3 is 6.18 Å². The molecule has 3 N–H and O–H groups in total. The van der Waals surface area contributed by atoms with Gasteiger partial charge in [-0.1, -0.05) is 41.9 Å². The summed E-state index contributed by atoms with van der Waals surface area (Å²) in [6.45, 7) is -0.0390. The van der Waals surface area contributed by atoms with Crippen molar-refractivity contribution < 1.29 is 31.2 Å². The van der Waals surface area contributed by atoms with Crippen LogP contribution >= 0.6 is 11.6 Å². The number of hydrogen-bond donors (Lipinski definition) is 2. The number of aromatic nitrogens is 3. The average molecular weight is 621 g/mol. The maximum Gasteiger partial charge on any atom is 0.416 e. The molecule has 3 heterocycles. The van der Waals surface area contributed by atoms with Crippen molar-refractivity contribution in [2.75, 3.05) is 19.3 Å². The fraction of sp³-hybridized carbons (Fsp3) is 0.259. The molecule has 2 amide bonds. The van der Waals surface area contributed by atoms with E-state index in [9.17, 15) is 31.2 Å². The van der Waals surface area contributed by atoms with E-state index in [-0.39, 0.29) is 37.1 Å². The van der Waals surface area contributed by atoms with Crippen LogP contribution in [-0.4, -0.2) is 64.0 Å². The van der Waals surface area contributed by atoms with Crippen LogP contribution in [0.5, 0.6) is 0 Å². The molecule has 0 radical (unpaired) electrons. The fourth-order valence-corrected chi connectivity index (χ4v) is 6.06. The number of rotatable bonds is 6. The van der Waals surface area contributed by atoms with E-state index in [0.717, 1.165) is 18.4 Å². The van der Waals surface area contributed by atoms with Crippen LogP contribution in [0.2, 0.25) is 5.02 Å². The Balaban J connectivity index is 1.58. The topological polar surface area (TPSA) is 140 Å². The molecule has 220 valence electrons. The number of nitrogens with one attached hydrogen (secondary N) is 1. The molecule has 0 atom stereocenters. The van der Waals surface area contributed by atoms with Crippen LogP contribution in [0.1, 0.15) is 28.8 Å². The number of piperidine rings is 1. The van der Waals surface area contributed by atoms with E-state index >= 15 is 0 Å². The number of primary amides is 1. The zero-order chi connectivity index (χ0) is 30.4. The first-order valence-electron chi connectivity index (χ1n) is 12.6. The third kappa shape index (κ3) is 5.44. The summed E-state index contributed by atoms with van der Waals surface area (Å²) in [5.74, 6) is -1.55. The molecule has 42 heavy (non-hydrogen) atoms. The van der Waals surface area contributed by atoms with Crippen LogP contribution < -0.4 is 11.1 Å². The zero-order valence-corrected chi connectivity index (χ0v) is 23.6. The van der Waals surface area contributed by atoms with Crippen molar-refractivity contribution >= 4 is 39.1 Å². The second-order valence-electron chi connectivity index (χ2n) is 9.93. The smallest absolute Gasteiger partial charge is 0.368 e. The lowest BCUT2D eigenvalue weighted by atomic mass is 9.87. The van der Waals surface area contributed by atoms with Gasteiger partial charge in [-0.3, -0.25) is 9.59 Å². The van der Waals surface area contributed by atoms with Gasteiger partial charge in [0.05, 0.1) is 23.7 Å². The fourth-order valence-electron chi connectivity index (χ4n) is 4.98. The molecule has 5 rings (SSSR count). The summed E-state index contributed by atoms with van der Waals surface area (Å²) in [5, 5.41) is 7.36. The molecular formula is C27H24ClF3N6O4S. The van der Waals surface area contributed by atoms with Crippen molar-refractivity contribution in [3.05, 3.63) is 77.1 Å². The van der Waals surface area contributed by atoms with E-state index in [2.05, 4.69) is 15.4 Å². The summed E-state index contributed by atoms with van der Waals surface area (Å²) in [5.41, 5.74) is 5.00. The lowest BCUT2D eigenvalue weighted by Gasteiger charge is -2.39. The summed E-state index contributed by atoms with van der Waals surface area (Å²) >= 11 is 6.45. The molecule has 1 fully saturated rings. The van der Waals surface area contributed by atoms with E-state index in [1.54, 1.807) is 24.3 Å². The molecule has 1 aliphatic heterocycles. The third-order valence-electron chi connectivity index (χ3n) is 7.29. The highest BCUT2D eigenvalue weighted by Crippen LogP contribution is 2.38. The number of alkyl halides is 3. The number of sulfonamides is 1. The number of hydrogen-bond acceptors (Lipinski definition) is 6. The molecule has 10 nitrogen and oxygen atoms in total. The van der Waals surface area contributed by atoms with Crippen LogP contribution in [-0.2, 0) is 21.0 Å². The predicted octanol–water partition coefficient (Wildman–Crippen LogP) is 3.74. The molecule has 0 saturated carbocycles. The molecule has 0 aliphatic carbocycles. The quantitative estimate of drug-likeness (QED) is 0.337. The van der Waals surface area contributed by atoms with Crippen LogP contribution in [0.3, 0.4) is 0 Å². The maximum atomic E-state index is 13.5. The number of carbonyl (C=O) groups excluding carboxylic acids is 2. The molecule has 0 bridgehead atoms. The van der Waals surface area contributed by atoms with Crippen molar-refractivity contribution in [1.29, 1.82) is 0 Å². The van der Waals surface area contributed by atoms with Gasteiger partial charge < -0.3 is 11.1 Å². The normalized spacial score (nSPS) is 15.9. The largest absolute Gasteiger partial charge is 0.416 e. The Bertz CT molecular complexity index is 1800. The van der Waals surface area contributed by atoms with Gasteiger partial charge in [0.2, 0.25) is 15.9 Å². The maximum absolute atomic E-state index is 13.5. The van der Waals surface area contributed by atoms with Crippen molar-refractivity contribution in [2.24, 2.45) is 5.73 Å². The number of nitrogens with two attached hydrogens (primary N) is 1. The van der Waals surface area contributed by atoms with Gasteiger partial charge in [0.1, 0.15) is 11.1 Å². The Morgan fingerprint density at radius 2 is 1.67 bits per heavy atom. The molecule has 0 unspecified atom stereocenters. The van der Waals surface area contributed by atoms with E-state index in [1.807, 2.05) is 0 Å². The average Bonchev–Trinajstić information content (AvgIpc) is 3.36. The number of fused-ring (bicyclic) bond motifs is 1. The molecule has 15 heteroatoms. The minimum absolute atomic E-state index is 0.0195. The van der Waals surface area contributed by atoms with E-state index in [4.69, 9.17) is 17.3 Å². The summed E-state index contributed by atoms with van der Waals surface area (Å²) in [6.07, 6.45) is -0.901. The molecule has 4 aromatic rings. The minimum atomic E-state index is -4.54. The standard InChI is InChI=1S/C27H24ClF3N6O4S/c1-42(40,41)36-12-10-26(11-13-36,25(32)39)35-24(38)20-15-34-37-22(16-6-8-17(9-7-16)27(29,30)31)19(14-33-23(20)37)18-4-2-3-5-21(18)28/h2-9,14-15H,10-13H2,1H3,(H2,32,39)(H,35,38). The summed E-state index contributed by atoms with van der Waals surface area (Å²) in [7, 11) is -3.50. The van der Waals surface area contributed by atoms with E-state index in [0.29, 0.717) is 27.4 Å². The molecule has 1 saturated heterocycles. The van der Waals surface area contributed by atoms with Crippen molar-refractivity contribution in [3.8, 4) is 22.4 Å². The number of carbonyl (C=O) groups is 2. The Morgan fingerprint density at radius 3 is 2.24 bits per heavy atom. The van der Waals surface area contributed by atoms with Crippen LogP contribution in [0.15, 0.2) is 60.9 Å². The number of nitrogens with zero attached hydrogens (tertiary/aromatic N) is 4. The Labute approximate surface area is 243 Å². The second kappa shape index (κ2) is 10.7. The van der Waals surface area contributed by atoms with E-state index in [1.165, 1.54) is 33.3 Å². The van der Waals surface area contributed by atoms with Gasteiger partial charge in [0.15, 0.2) is 5.65 Å². The van der Waals surface area contributed by atoms with Crippen LogP contribution in [0.25, 0.3) is 28.0 Å². The van der Waals surface area contributed by atoms with Gasteiger partial charge in [-0.15, -0.1) is 0 Å². The number of benzene rings is 2. The second-order valence-corrected chi connectivity index (χ2v) is 12.3. The van der Waals surface area contributed by atoms with Crippen LogP contribution in [0, 0.1) is 0 Å². The Kier molecular flexibility index (Phi) is 7.49. The SMILES string of the molecule is CS(=O)(=O)N1CCC(NC(=O)c2cnn3c(-c4ccc(C(F)(F)F)cc4)c(-c4ccccc4Cl)cnc23)(C(N)=O)CC1. The highest BCUT2D eigenvalue weighted by atomic mass is 35.5.